The molecule has 6 heteroatoms. The van der Waals surface area contributed by atoms with Gasteiger partial charge in [-0.2, -0.15) is 0 Å². The van der Waals surface area contributed by atoms with Crippen LogP contribution in [0.4, 0.5) is 0 Å². The summed E-state index contributed by atoms with van der Waals surface area (Å²) >= 11 is 0. The molecule has 1 heterocycles. The van der Waals surface area contributed by atoms with Crippen molar-refractivity contribution in [3.8, 4) is 5.75 Å². The molecule has 0 radical (unpaired) electrons. The number of amides is 2. The fourth-order valence-electron chi connectivity index (χ4n) is 2.46. The van der Waals surface area contributed by atoms with E-state index in [-0.39, 0.29) is 6.61 Å². The standard InChI is InChI=1S/C21H20N2O4/c1-14-7-8-15(2)19(11-14)26-13-21(25)23-22-20(24)10-9-17-12-16-5-3-4-6-18(16)27-17/h3-12H,13H2,1-2H3,(H,22,24)(H,23,25)/b10-9+. The number of carbonyl (C=O) groups is 2. The molecule has 0 spiro atoms. The third-order valence-electron chi connectivity index (χ3n) is 3.87. The minimum atomic E-state index is -0.476. The Balaban J connectivity index is 1.46. The monoisotopic (exact) mass is 364 g/mol. The first-order valence-corrected chi connectivity index (χ1v) is 8.47. The van der Waals surface area contributed by atoms with E-state index in [1.807, 2.05) is 62.4 Å². The van der Waals surface area contributed by atoms with Gasteiger partial charge in [0.2, 0.25) is 0 Å². The Morgan fingerprint density at radius 2 is 1.89 bits per heavy atom. The molecule has 0 aliphatic rings. The predicted molar refractivity (Wildman–Crippen MR) is 103 cm³/mol. The Hall–Kier alpha value is -3.54. The Morgan fingerprint density at radius 3 is 2.70 bits per heavy atom. The highest BCUT2D eigenvalue weighted by Gasteiger charge is 2.06. The molecule has 0 saturated heterocycles. The van der Waals surface area contributed by atoms with Gasteiger partial charge in [-0.3, -0.25) is 20.4 Å². The number of para-hydroxylation sites is 1. The first-order chi connectivity index (χ1) is 13.0. The summed E-state index contributed by atoms with van der Waals surface area (Å²) in [5.74, 6) is 0.258. The van der Waals surface area contributed by atoms with E-state index in [1.165, 1.54) is 12.2 Å². The second-order valence-corrected chi connectivity index (χ2v) is 6.11. The van der Waals surface area contributed by atoms with Gasteiger partial charge in [0.1, 0.15) is 17.1 Å². The van der Waals surface area contributed by atoms with Crippen LogP contribution in [0, 0.1) is 13.8 Å². The Labute approximate surface area is 156 Å². The molecule has 0 aliphatic carbocycles. The molecule has 1 aromatic heterocycles. The number of ether oxygens (including phenoxy) is 1. The molecule has 0 saturated carbocycles. The van der Waals surface area contributed by atoms with E-state index in [1.54, 1.807) is 0 Å². The molecule has 0 unspecified atom stereocenters. The van der Waals surface area contributed by atoms with Gasteiger partial charge in [0, 0.05) is 11.5 Å². The highest BCUT2D eigenvalue weighted by atomic mass is 16.5. The maximum atomic E-state index is 11.8. The van der Waals surface area contributed by atoms with Crippen LogP contribution < -0.4 is 15.6 Å². The van der Waals surface area contributed by atoms with Crippen molar-refractivity contribution in [3.63, 3.8) is 0 Å². The van der Waals surface area contributed by atoms with Gasteiger partial charge in [-0.25, -0.2) is 0 Å². The van der Waals surface area contributed by atoms with Crippen molar-refractivity contribution in [3.05, 3.63) is 71.5 Å². The number of furan rings is 1. The molecule has 0 atom stereocenters. The van der Waals surface area contributed by atoms with Crippen molar-refractivity contribution in [2.24, 2.45) is 0 Å². The Kier molecular flexibility index (Phi) is 5.56. The van der Waals surface area contributed by atoms with Crippen LogP contribution in [0.2, 0.25) is 0 Å². The highest BCUT2D eigenvalue weighted by molar-refractivity contribution is 5.93. The molecule has 0 aliphatic heterocycles. The van der Waals surface area contributed by atoms with Crippen LogP contribution in [0.3, 0.4) is 0 Å². The summed E-state index contributed by atoms with van der Waals surface area (Å²) in [6.45, 7) is 3.65. The second-order valence-electron chi connectivity index (χ2n) is 6.11. The van der Waals surface area contributed by atoms with Gasteiger partial charge in [0.25, 0.3) is 11.8 Å². The number of nitrogens with one attached hydrogen (secondary N) is 2. The molecular formula is C21H20N2O4. The van der Waals surface area contributed by atoms with E-state index >= 15 is 0 Å². The molecule has 27 heavy (non-hydrogen) atoms. The van der Waals surface area contributed by atoms with Crippen LogP contribution in [-0.4, -0.2) is 18.4 Å². The number of carbonyl (C=O) groups excluding carboxylic acids is 2. The first-order valence-electron chi connectivity index (χ1n) is 8.47. The fraction of sp³-hybridized carbons (Fsp3) is 0.143. The summed E-state index contributed by atoms with van der Waals surface area (Å²) in [5, 5.41) is 0.953. The molecular weight excluding hydrogens is 344 g/mol. The summed E-state index contributed by atoms with van der Waals surface area (Å²) in [4.78, 5) is 23.6. The number of hydrogen-bond acceptors (Lipinski definition) is 4. The van der Waals surface area contributed by atoms with Crippen molar-refractivity contribution >= 4 is 28.9 Å². The maximum Gasteiger partial charge on any atom is 0.276 e. The summed E-state index contributed by atoms with van der Waals surface area (Å²) in [7, 11) is 0. The zero-order chi connectivity index (χ0) is 19.2. The molecule has 3 aromatic rings. The van der Waals surface area contributed by atoms with Gasteiger partial charge < -0.3 is 9.15 Å². The SMILES string of the molecule is Cc1ccc(C)c(OCC(=O)NNC(=O)/C=C/c2cc3ccccc3o2)c1. The lowest BCUT2D eigenvalue weighted by molar-refractivity contribution is -0.128. The van der Waals surface area contributed by atoms with Gasteiger partial charge in [0.05, 0.1) is 0 Å². The topological polar surface area (TPSA) is 80.6 Å². The molecule has 138 valence electrons. The molecule has 2 aromatic carbocycles. The van der Waals surface area contributed by atoms with Crippen LogP contribution in [0.1, 0.15) is 16.9 Å². The maximum absolute atomic E-state index is 11.8. The zero-order valence-electron chi connectivity index (χ0n) is 15.1. The van der Waals surface area contributed by atoms with Crippen molar-refractivity contribution in [1.29, 1.82) is 0 Å². The average molecular weight is 364 g/mol. The van der Waals surface area contributed by atoms with Gasteiger partial charge in [0.15, 0.2) is 6.61 Å². The lowest BCUT2D eigenvalue weighted by atomic mass is 10.1. The Morgan fingerprint density at radius 1 is 1.07 bits per heavy atom. The van der Waals surface area contributed by atoms with E-state index in [4.69, 9.17) is 9.15 Å². The minimum Gasteiger partial charge on any atom is -0.483 e. The molecule has 0 bridgehead atoms. The minimum absolute atomic E-state index is 0.197. The molecule has 3 rings (SSSR count). The second kappa shape index (κ2) is 8.23. The fourth-order valence-corrected chi connectivity index (χ4v) is 2.46. The Bertz CT molecular complexity index is 971. The normalized spacial score (nSPS) is 10.9. The lowest BCUT2D eigenvalue weighted by Gasteiger charge is -2.10. The third kappa shape index (κ3) is 4.98. The van der Waals surface area contributed by atoms with E-state index in [9.17, 15) is 9.59 Å². The molecule has 2 N–H and O–H groups in total. The smallest absolute Gasteiger partial charge is 0.276 e. The number of fused-ring (bicyclic) bond motifs is 1. The highest BCUT2D eigenvalue weighted by Crippen LogP contribution is 2.20. The van der Waals surface area contributed by atoms with Crippen LogP contribution in [0.15, 0.2) is 59.0 Å². The van der Waals surface area contributed by atoms with Crippen LogP contribution in [0.5, 0.6) is 5.75 Å². The number of hydrazine groups is 1. The van der Waals surface area contributed by atoms with Crippen LogP contribution in [0.25, 0.3) is 17.0 Å². The summed E-state index contributed by atoms with van der Waals surface area (Å²) < 4.78 is 11.1. The van der Waals surface area contributed by atoms with Crippen LogP contribution >= 0.6 is 0 Å². The van der Waals surface area contributed by atoms with Gasteiger partial charge in [-0.05, 0) is 49.2 Å². The number of hydrogen-bond donors (Lipinski definition) is 2. The average Bonchev–Trinajstić information content (AvgIpc) is 3.08. The van der Waals surface area contributed by atoms with Crippen molar-refractivity contribution in [1.82, 2.24) is 10.9 Å². The number of benzene rings is 2. The third-order valence-corrected chi connectivity index (χ3v) is 3.87. The molecule has 0 fully saturated rings. The quantitative estimate of drug-likeness (QED) is 0.538. The first kappa shape index (κ1) is 18.3. The number of rotatable bonds is 5. The van der Waals surface area contributed by atoms with E-state index in [0.29, 0.717) is 11.5 Å². The van der Waals surface area contributed by atoms with Gasteiger partial charge in [-0.15, -0.1) is 0 Å². The van der Waals surface area contributed by atoms with Crippen molar-refractivity contribution < 1.29 is 18.7 Å². The van der Waals surface area contributed by atoms with Crippen molar-refractivity contribution in [2.75, 3.05) is 6.61 Å². The lowest BCUT2D eigenvalue weighted by Crippen LogP contribution is -2.43. The van der Waals surface area contributed by atoms with Crippen LogP contribution in [-0.2, 0) is 9.59 Å². The largest absolute Gasteiger partial charge is 0.483 e. The van der Waals surface area contributed by atoms with Crippen molar-refractivity contribution in [2.45, 2.75) is 13.8 Å². The molecule has 2 amide bonds. The summed E-state index contributed by atoms with van der Waals surface area (Å²) in [5.41, 5.74) is 7.33. The van der Waals surface area contributed by atoms with Gasteiger partial charge in [-0.1, -0.05) is 30.3 Å². The van der Waals surface area contributed by atoms with Gasteiger partial charge >= 0.3 is 0 Å². The number of aryl methyl sites for hydroxylation is 2. The predicted octanol–water partition coefficient (Wildman–Crippen LogP) is 3.29. The summed E-state index contributed by atoms with van der Waals surface area (Å²) in [6.07, 6.45) is 2.82. The zero-order valence-corrected chi connectivity index (χ0v) is 15.1. The van der Waals surface area contributed by atoms with E-state index < -0.39 is 11.8 Å². The summed E-state index contributed by atoms with van der Waals surface area (Å²) in [6, 6.07) is 15.1. The molecule has 6 nitrogen and oxygen atoms in total. The van der Waals surface area contributed by atoms with E-state index in [0.717, 1.165) is 22.1 Å². The van der Waals surface area contributed by atoms with E-state index in [2.05, 4.69) is 10.9 Å².